The maximum absolute atomic E-state index is 13.6. The molecule has 0 atom stereocenters. The van der Waals surface area contributed by atoms with Crippen LogP contribution < -0.4 is 9.04 Å². The molecule has 3 rings (SSSR count). The van der Waals surface area contributed by atoms with E-state index in [-0.39, 0.29) is 17.2 Å². The first kappa shape index (κ1) is 20.9. The second-order valence-electron chi connectivity index (χ2n) is 7.26. The summed E-state index contributed by atoms with van der Waals surface area (Å²) >= 11 is 0. The Morgan fingerprint density at radius 3 is 2.14 bits per heavy atom. The second kappa shape index (κ2) is 8.29. The standard InChI is InChI=1S/C22H26N2O4S/c1-15(2)19-8-6-18(7-9-19)14-24(20-10-12-21(27-5)13-11-20)29(25,26)22-16(3)23-28-17(22)4/h6-13,15H,14H2,1-5H3. The van der Waals surface area contributed by atoms with Gasteiger partial charge in [-0.15, -0.1) is 0 Å². The number of aryl methyl sites for hydroxylation is 2. The van der Waals surface area contributed by atoms with Crippen molar-refractivity contribution in [2.75, 3.05) is 11.4 Å². The lowest BCUT2D eigenvalue weighted by Crippen LogP contribution is -2.31. The van der Waals surface area contributed by atoms with Crippen molar-refractivity contribution in [2.24, 2.45) is 0 Å². The first-order valence-electron chi connectivity index (χ1n) is 9.42. The smallest absolute Gasteiger partial charge is 0.270 e. The van der Waals surface area contributed by atoms with Crippen molar-refractivity contribution in [3.05, 3.63) is 71.1 Å². The zero-order valence-electron chi connectivity index (χ0n) is 17.3. The lowest BCUT2D eigenvalue weighted by atomic mass is 10.0. The number of aromatic nitrogens is 1. The average molecular weight is 415 g/mol. The average Bonchev–Trinajstić information content (AvgIpc) is 3.05. The van der Waals surface area contributed by atoms with Crippen molar-refractivity contribution in [3.63, 3.8) is 0 Å². The molecular weight excluding hydrogens is 388 g/mol. The summed E-state index contributed by atoms with van der Waals surface area (Å²) in [5, 5.41) is 3.82. The monoisotopic (exact) mass is 414 g/mol. The number of benzene rings is 2. The van der Waals surface area contributed by atoms with Crippen LogP contribution in [-0.2, 0) is 16.6 Å². The Hall–Kier alpha value is -2.80. The van der Waals surface area contributed by atoms with Gasteiger partial charge in [0.2, 0.25) is 0 Å². The molecule has 0 bridgehead atoms. The van der Waals surface area contributed by atoms with Crippen molar-refractivity contribution in [1.82, 2.24) is 5.16 Å². The van der Waals surface area contributed by atoms with Gasteiger partial charge in [0.1, 0.15) is 11.4 Å². The molecule has 0 radical (unpaired) electrons. The van der Waals surface area contributed by atoms with Gasteiger partial charge in [0.25, 0.3) is 10.0 Å². The number of sulfonamides is 1. The van der Waals surface area contributed by atoms with Crippen molar-refractivity contribution in [2.45, 2.75) is 45.1 Å². The van der Waals surface area contributed by atoms with Gasteiger partial charge in [-0.2, -0.15) is 0 Å². The van der Waals surface area contributed by atoms with Gasteiger partial charge in [-0.25, -0.2) is 8.42 Å². The van der Waals surface area contributed by atoms with Crippen molar-refractivity contribution < 1.29 is 17.7 Å². The highest BCUT2D eigenvalue weighted by atomic mass is 32.2. The Labute approximate surface area is 172 Å². The van der Waals surface area contributed by atoms with Crippen LogP contribution in [0.15, 0.2) is 57.9 Å². The van der Waals surface area contributed by atoms with Gasteiger partial charge in [0.05, 0.1) is 19.3 Å². The van der Waals surface area contributed by atoms with E-state index >= 15 is 0 Å². The SMILES string of the molecule is COc1ccc(N(Cc2ccc(C(C)C)cc2)S(=O)(=O)c2c(C)noc2C)cc1. The molecule has 0 saturated heterocycles. The summed E-state index contributed by atoms with van der Waals surface area (Å²) in [6.07, 6.45) is 0. The van der Waals surface area contributed by atoms with Crippen LogP contribution in [0.25, 0.3) is 0 Å². The molecule has 3 aromatic rings. The predicted octanol–water partition coefficient (Wildman–Crippen LogP) is 4.82. The van der Waals surface area contributed by atoms with E-state index < -0.39 is 10.0 Å². The lowest BCUT2D eigenvalue weighted by Gasteiger charge is -2.25. The zero-order valence-corrected chi connectivity index (χ0v) is 18.2. The molecule has 1 aromatic heterocycles. The second-order valence-corrected chi connectivity index (χ2v) is 9.06. The summed E-state index contributed by atoms with van der Waals surface area (Å²) in [5.74, 6) is 1.34. The molecule has 7 heteroatoms. The molecule has 0 spiro atoms. The summed E-state index contributed by atoms with van der Waals surface area (Å²) in [6, 6.07) is 15.0. The highest BCUT2D eigenvalue weighted by Gasteiger charge is 2.31. The van der Waals surface area contributed by atoms with Gasteiger partial charge < -0.3 is 9.26 Å². The number of ether oxygens (including phenoxy) is 1. The van der Waals surface area contributed by atoms with E-state index in [4.69, 9.17) is 9.26 Å². The summed E-state index contributed by atoms with van der Waals surface area (Å²) in [5.41, 5.74) is 2.98. The van der Waals surface area contributed by atoms with E-state index in [1.807, 2.05) is 24.3 Å². The molecule has 29 heavy (non-hydrogen) atoms. The van der Waals surface area contributed by atoms with Crippen LogP contribution in [0.3, 0.4) is 0 Å². The fraction of sp³-hybridized carbons (Fsp3) is 0.318. The minimum Gasteiger partial charge on any atom is -0.497 e. The summed E-state index contributed by atoms with van der Waals surface area (Å²) in [7, 11) is -2.31. The van der Waals surface area contributed by atoms with Crippen LogP contribution >= 0.6 is 0 Å². The zero-order chi connectivity index (χ0) is 21.2. The number of rotatable bonds is 7. The fourth-order valence-corrected chi connectivity index (χ4v) is 4.94. The maximum Gasteiger partial charge on any atom is 0.270 e. The molecule has 6 nitrogen and oxygen atoms in total. The lowest BCUT2D eigenvalue weighted by molar-refractivity contribution is 0.390. The third kappa shape index (κ3) is 4.29. The molecule has 0 amide bonds. The van der Waals surface area contributed by atoms with Crippen LogP contribution in [-0.4, -0.2) is 20.7 Å². The summed E-state index contributed by atoms with van der Waals surface area (Å²) in [4.78, 5) is 0.104. The minimum absolute atomic E-state index is 0.104. The third-order valence-corrected chi connectivity index (χ3v) is 6.87. The number of nitrogens with zero attached hydrogens (tertiary/aromatic N) is 2. The molecule has 0 saturated carbocycles. The number of hydrogen-bond donors (Lipinski definition) is 0. The molecule has 2 aromatic carbocycles. The molecule has 0 aliphatic carbocycles. The Bertz CT molecular complexity index is 1050. The molecule has 0 N–H and O–H groups in total. The van der Waals surface area contributed by atoms with E-state index in [0.29, 0.717) is 23.0 Å². The quantitative estimate of drug-likeness (QED) is 0.554. The van der Waals surface area contributed by atoms with Crippen LogP contribution in [0.2, 0.25) is 0 Å². The van der Waals surface area contributed by atoms with E-state index in [2.05, 4.69) is 19.0 Å². The predicted molar refractivity (Wildman–Crippen MR) is 113 cm³/mol. The fourth-order valence-electron chi connectivity index (χ4n) is 3.19. The number of anilines is 1. The Balaban J connectivity index is 2.06. The highest BCUT2D eigenvalue weighted by Crippen LogP contribution is 2.31. The van der Waals surface area contributed by atoms with Gasteiger partial charge in [-0.3, -0.25) is 4.31 Å². The molecule has 0 aliphatic heterocycles. The van der Waals surface area contributed by atoms with Crippen molar-refractivity contribution in [1.29, 1.82) is 0 Å². The van der Waals surface area contributed by atoms with Gasteiger partial charge in [0.15, 0.2) is 10.7 Å². The van der Waals surface area contributed by atoms with E-state index in [1.54, 1.807) is 45.2 Å². The van der Waals surface area contributed by atoms with E-state index in [0.717, 1.165) is 5.56 Å². The van der Waals surface area contributed by atoms with Gasteiger partial charge in [0, 0.05) is 0 Å². The van der Waals surface area contributed by atoms with Gasteiger partial charge >= 0.3 is 0 Å². The Morgan fingerprint density at radius 2 is 1.66 bits per heavy atom. The van der Waals surface area contributed by atoms with Crippen LogP contribution in [0.4, 0.5) is 5.69 Å². The first-order valence-corrected chi connectivity index (χ1v) is 10.9. The highest BCUT2D eigenvalue weighted by molar-refractivity contribution is 7.92. The van der Waals surface area contributed by atoms with Gasteiger partial charge in [-0.1, -0.05) is 43.3 Å². The number of hydrogen-bond acceptors (Lipinski definition) is 5. The molecule has 1 heterocycles. The largest absolute Gasteiger partial charge is 0.497 e. The van der Waals surface area contributed by atoms with E-state index in [1.165, 1.54) is 9.87 Å². The first-order chi connectivity index (χ1) is 13.7. The van der Waals surface area contributed by atoms with Crippen LogP contribution in [0.1, 0.15) is 42.3 Å². The van der Waals surface area contributed by atoms with Crippen LogP contribution in [0, 0.1) is 13.8 Å². The summed E-state index contributed by atoms with van der Waals surface area (Å²) in [6.45, 7) is 7.68. The Kier molecular flexibility index (Phi) is 5.98. The van der Waals surface area contributed by atoms with E-state index in [9.17, 15) is 8.42 Å². The maximum atomic E-state index is 13.6. The molecule has 0 fully saturated rings. The molecule has 0 aliphatic rings. The summed E-state index contributed by atoms with van der Waals surface area (Å²) < 4.78 is 38.8. The van der Waals surface area contributed by atoms with Crippen molar-refractivity contribution in [3.8, 4) is 5.75 Å². The normalized spacial score (nSPS) is 11.7. The van der Waals surface area contributed by atoms with Crippen LogP contribution in [0.5, 0.6) is 5.75 Å². The van der Waals surface area contributed by atoms with Gasteiger partial charge in [-0.05, 0) is 55.2 Å². The minimum atomic E-state index is -3.88. The third-order valence-electron chi connectivity index (χ3n) is 4.85. The molecule has 154 valence electrons. The van der Waals surface area contributed by atoms with Crippen molar-refractivity contribution >= 4 is 15.7 Å². The molecule has 0 unspecified atom stereocenters. The number of methoxy groups -OCH3 is 1. The Morgan fingerprint density at radius 1 is 1.03 bits per heavy atom. The molecular formula is C22H26N2O4S. The topological polar surface area (TPSA) is 72.6 Å².